The highest BCUT2D eigenvalue weighted by Gasteiger charge is 2.57. The SMILES string of the molecule is COC(=O)C(C)(C)NC(=O)CC12CC3CC(CC(Br)(C3)C1)C2. The summed E-state index contributed by atoms with van der Waals surface area (Å²) < 4.78 is 5.02. The average molecular weight is 372 g/mol. The lowest BCUT2D eigenvalue weighted by Crippen LogP contribution is -2.56. The first kappa shape index (κ1) is 16.3. The Bertz CT molecular complexity index is 488. The van der Waals surface area contributed by atoms with Gasteiger partial charge in [-0.3, -0.25) is 4.79 Å². The van der Waals surface area contributed by atoms with Crippen LogP contribution in [0.1, 0.15) is 58.8 Å². The van der Waals surface area contributed by atoms with Crippen LogP contribution in [0.3, 0.4) is 0 Å². The van der Waals surface area contributed by atoms with Crippen LogP contribution in [-0.4, -0.2) is 28.8 Å². The van der Waals surface area contributed by atoms with Gasteiger partial charge in [0.2, 0.25) is 5.91 Å². The maximum Gasteiger partial charge on any atom is 0.330 e. The molecule has 4 nitrogen and oxygen atoms in total. The fraction of sp³-hybridized carbons (Fsp3) is 0.882. The maximum absolute atomic E-state index is 12.5. The van der Waals surface area contributed by atoms with E-state index in [2.05, 4.69) is 21.2 Å². The van der Waals surface area contributed by atoms with Gasteiger partial charge in [-0.2, -0.15) is 0 Å². The smallest absolute Gasteiger partial charge is 0.330 e. The zero-order chi connectivity index (χ0) is 16.2. The van der Waals surface area contributed by atoms with Gasteiger partial charge in [0.1, 0.15) is 5.54 Å². The van der Waals surface area contributed by atoms with E-state index in [0.29, 0.717) is 6.42 Å². The number of esters is 1. The van der Waals surface area contributed by atoms with E-state index < -0.39 is 11.5 Å². The highest BCUT2D eigenvalue weighted by molar-refractivity contribution is 9.10. The van der Waals surface area contributed by atoms with Crippen LogP contribution in [-0.2, 0) is 14.3 Å². The molecule has 4 saturated carbocycles. The van der Waals surface area contributed by atoms with Gasteiger partial charge in [0, 0.05) is 10.7 Å². The number of ether oxygens (including phenoxy) is 1. The van der Waals surface area contributed by atoms with Gasteiger partial charge in [0.25, 0.3) is 0 Å². The number of carbonyl (C=O) groups excluding carboxylic acids is 2. The molecule has 5 heteroatoms. The summed E-state index contributed by atoms with van der Waals surface area (Å²) in [6.07, 6.45) is 7.84. The molecular weight excluding hydrogens is 346 g/mol. The zero-order valence-corrected chi connectivity index (χ0v) is 15.3. The second-order valence-corrected chi connectivity index (χ2v) is 10.1. The molecule has 4 bridgehead atoms. The lowest BCUT2D eigenvalue weighted by atomic mass is 9.48. The highest BCUT2D eigenvalue weighted by atomic mass is 79.9. The van der Waals surface area contributed by atoms with Crippen molar-refractivity contribution in [2.24, 2.45) is 17.3 Å². The molecule has 0 aromatic rings. The van der Waals surface area contributed by atoms with Gasteiger partial charge >= 0.3 is 5.97 Å². The Kier molecular flexibility index (Phi) is 3.86. The molecule has 0 aliphatic heterocycles. The third-order valence-electron chi connectivity index (χ3n) is 5.79. The van der Waals surface area contributed by atoms with Gasteiger partial charge in [-0.25, -0.2) is 4.79 Å². The molecule has 1 amide bonds. The minimum absolute atomic E-state index is 0.0200. The first-order valence-corrected chi connectivity index (χ1v) is 9.03. The van der Waals surface area contributed by atoms with Crippen molar-refractivity contribution in [3.05, 3.63) is 0 Å². The molecule has 0 aromatic carbocycles. The van der Waals surface area contributed by atoms with Crippen molar-refractivity contribution in [1.29, 1.82) is 0 Å². The third kappa shape index (κ3) is 2.93. The number of hydrogen-bond acceptors (Lipinski definition) is 3. The Morgan fingerprint density at radius 2 is 1.82 bits per heavy atom. The summed E-state index contributed by atoms with van der Waals surface area (Å²) in [6, 6.07) is 0. The predicted molar refractivity (Wildman–Crippen MR) is 87.6 cm³/mol. The molecular formula is C17H26BrNO3. The Morgan fingerprint density at radius 3 is 2.32 bits per heavy atom. The van der Waals surface area contributed by atoms with Crippen LogP contribution in [0.5, 0.6) is 0 Å². The summed E-state index contributed by atoms with van der Waals surface area (Å²) in [4.78, 5) is 24.3. The van der Waals surface area contributed by atoms with E-state index in [0.717, 1.165) is 18.3 Å². The molecule has 0 radical (unpaired) electrons. The van der Waals surface area contributed by atoms with Crippen LogP contribution in [0.15, 0.2) is 0 Å². The second-order valence-electron chi connectivity index (χ2n) is 8.45. The molecule has 4 aliphatic carbocycles. The van der Waals surface area contributed by atoms with Crippen molar-refractivity contribution in [2.45, 2.75) is 68.7 Å². The number of alkyl halides is 1. The van der Waals surface area contributed by atoms with E-state index in [1.165, 1.54) is 39.2 Å². The monoisotopic (exact) mass is 371 g/mol. The minimum atomic E-state index is -0.958. The number of carbonyl (C=O) groups is 2. The fourth-order valence-electron chi connectivity index (χ4n) is 5.58. The van der Waals surface area contributed by atoms with Gasteiger partial charge in [-0.05, 0) is 69.6 Å². The number of rotatable bonds is 4. The summed E-state index contributed by atoms with van der Waals surface area (Å²) in [7, 11) is 1.35. The fourth-order valence-corrected chi connectivity index (χ4v) is 7.09. The van der Waals surface area contributed by atoms with Crippen molar-refractivity contribution >= 4 is 27.8 Å². The van der Waals surface area contributed by atoms with E-state index in [9.17, 15) is 9.59 Å². The Balaban J connectivity index is 1.68. The summed E-state index contributed by atoms with van der Waals surface area (Å²) in [5, 5.41) is 2.87. The molecule has 22 heavy (non-hydrogen) atoms. The standard InChI is InChI=1S/C17H26BrNO3/c1-15(2,14(21)22-3)19-13(20)9-16-5-11-4-12(6-16)8-17(18,7-11)10-16/h11-12H,4-10H2,1-3H3,(H,19,20). The lowest BCUT2D eigenvalue weighted by Gasteiger charge is -2.60. The van der Waals surface area contributed by atoms with E-state index in [4.69, 9.17) is 4.74 Å². The van der Waals surface area contributed by atoms with Gasteiger partial charge in [-0.15, -0.1) is 0 Å². The van der Waals surface area contributed by atoms with Gasteiger partial charge in [0.15, 0.2) is 0 Å². The minimum Gasteiger partial charge on any atom is -0.467 e. The molecule has 1 N–H and O–H groups in total. The van der Waals surface area contributed by atoms with Crippen molar-refractivity contribution < 1.29 is 14.3 Å². The Hall–Kier alpha value is -0.580. The molecule has 124 valence electrons. The van der Waals surface area contributed by atoms with Crippen molar-refractivity contribution in [3.8, 4) is 0 Å². The summed E-state index contributed by atoms with van der Waals surface area (Å²) >= 11 is 3.97. The molecule has 0 aromatic heterocycles. The van der Waals surface area contributed by atoms with E-state index in [1.54, 1.807) is 13.8 Å². The number of nitrogens with one attached hydrogen (secondary N) is 1. The predicted octanol–water partition coefficient (Wildman–Crippen LogP) is 3.18. The summed E-state index contributed by atoms with van der Waals surface area (Å²) in [5.74, 6) is 1.11. The van der Waals surface area contributed by atoms with E-state index in [-0.39, 0.29) is 15.6 Å². The van der Waals surface area contributed by atoms with Crippen molar-refractivity contribution in [3.63, 3.8) is 0 Å². The van der Waals surface area contributed by atoms with Gasteiger partial charge in [-0.1, -0.05) is 15.9 Å². The topological polar surface area (TPSA) is 55.4 Å². The molecule has 4 aliphatic rings. The van der Waals surface area contributed by atoms with Gasteiger partial charge in [0.05, 0.1) is 7.11 Å². The number of hydrogen-bond donors (Lipinski definition) is 1. The largest absolute Gasteiger partial charge is 0.467 e. The van der Waals surface area contributed by atoms with Crippen molar-refractivity contribution in [1.82, 2.24) is 5.32 Å². The van der Waals surface area contributed by atoms with Crippen LogP contribution in [0, 0.1) is 17.3 Å². The molecule has 4 fully saturated rings. The zero-order valence-electron chi connectivity index (χ0n) is 13.7. The van der Waals surface area contributed by atoms with Gasteiger partial charge < -0.3 is 10.1 Å². The molecule has 4 rings (SSSR count). The first-order valence-electron chi connectivity index (χ1n) is 8.24. The number of methoxy groups -OCH3 is 1. The van der Waals surface area contributed by atoms with E-state index in [1.807, 2.05) is 0 Å². The van der Waals surface area contributed by atoms with Crippen LogP contribution < -0.4 is 5.32 Å². The van der Waals surface area contributed by atoms with Crippen LogP contribution >= 0.6 is 15.9 Å². The van der Waals surface area contributed by atoms with E-state index >= 15 is 0 Å². The molecule has 0 spiro atoms. The summed E-state index contributed by atoms with van der Waals surface area (Å²) in [5.41, 5.74) is -0.829. The third-order valence-corrected chi connectivity index (χ3v) is 6.72. The molecule has 0 heterocycles. The molecule has 0 saturated heterocycles. The maximum atomic E-state index is 12.5. The van der Waals surface area contributed by atoms with Crippen LogP contribution in [0.25, 0.3) is 0 Å². The first-order chi connectivity index (χ1) is 10.2. The molecule has 2 unspecified atom stereocenters. The molecule has 2 atom stereocenters. The number of halogens is 1. The number of amides is 1. The second kappa shape index (κ2) is 5.22. The normalized spacial score (nSPS) is 39.6. The Morgan fingerprint density at radius 1 is 1.23 bits per heavy atom. The van der Waals surface area contributed by atoms with Crippen LogP contribution in [0.2, 0.25) is 0 Å². The summed E-state index contributed by atoms with van der Waals surface area (Å²) in [6.45, 7) is 3.39. The lowest BCUT2D eigenvalue weighted by molar-refractivity contribution is -0.150. The highest BCUT2D eigenvalue weighted by Crippen LogP contribution is 2.65. The van der Waals surface area contributed by atoms with Crippen LogP contribution in [0.4, 0.5) is 0 Å². The Labute approximate surface area is 140 Å². The average Bonchev–Trinajstić information content (AvgIpc) is 2.32. The van der Waals surface area contributed by atoms with Crippen molar-refractivity contribution in [2.75, 3.05) is 7.11 Å². The quantitative estimate of drug-likeness (QED) is 0.609.